The molecule has 0 bridgehead atoms. The summed E-state index contributed by atoms with van der Waals surface area (Å²) in [5, 5.41) is 70.0. The number of benzene rings is 2. The van der Waals surface area contributed by atoms with Crippen LogP contribution < -0.4 is 0 Å². The fraction of sp³-hybridized carbons (Fsp3) is 0. The van der Waals surface area contributed by atoms with Crippen molar-refractivity contribution >= 4 is 72.6 Å². The molecule has 8 N–H and O–H groups in total. The number of hydrogen-bond donors (Lipinski definition) is 8. The van der Waals surface area contributed by atoms with E-state index in [9.17, 15) is 38.4 Å². The van der Waals surface area contributed by atoms with Crippen LogP contribution in [0.3, 0.4) is 0 Å². The third-order valence-electron chi connectivity index (χ3n) is 4.16. The van der Waals surface area contributed by atoms with Gasteiger partial charge in [-0.3, -0.25) is 0 Å². The van der Waals surface area contributed by atoms with Crippen molar-refractivity contribution in [2.75, 3.05) is 0 Å². The van der Waals surface area contributed by atoms with Crippen LogP contribution in [0, 0.1) is 0 Å². The minimum absolute atomic E-state index is 0. The van der Waals surface area contributed by atoms with E-state index in [1.165, 1.54) is 0 Å². The number of carbonyl (C=O) groups is 8. The highest BCUT2D eigenvalue weighted by Gasteiger charge is 2.26. The summed E-state index contributed by atoms with van der Waals surface area (Å²) in [6.07, 6.45) is 0. The highest BCUT2D eigenvalue weighted by Crippen LogP contribution is 2.19. The van der Waals surface area contributed by atoms with Gasteiger partial charge in [0.15, 0.2) is 0 Å². The molecule has 0 saturated heterocycles. The predicted molar refractivity (Wildman–Crippen MR) is 123 cm³/mol. The number of aromatic carboxylic acids is 8. The van der Waals surface area contributed by atoms with Crippen molar-refractivity contribution in [1.82, 2.24) is 0 Å². The molecule has 0 fully saturated rings. The van der Waals surface area contributed by atoms with Gasteiger partial charge in [0.25, 0.3) is 0 Å². The van der Waals surface area contributed by atoms with Crippen LogP contribution in [0.15, 0.2) is 24.3 Å². The van der Waals surface area contributed by atoms with Crippen LogP contribution in [0.4, 0.5) is 0 Å². The van der Waals surface area contributed by atoms with Crippen molar-refractivity contribution in [3.05, 3.63) is 68.8 Å². The summed E-state index contributed by atoms with van der Waals surface area (Å²) in [5.74, 6) is -13.3. The highest BCUT2D eigenvalue weighted by atomic mass is 35.5. The Morgan fingerprint density at radius 3 is 0.421 bits per heavy atom. The lowest BCUT2D eigenvalue weighted by atomic mass is 9.98. The van der Waals surface area contributed by atoms with Gasteiger partial charge in [0.05, 0.1) is 44.5 Å². The van der Waals surface area contributed by atoms with Gasteiger partial charge in [0.1, 0.15) is 0 Å². The Bertz CT molecular complexity index is 1060. The van der Waals surface area contributed by atoms with Crippen molar-refractivity contribution in [2.24, 2.45) is 0 Å². The summed E-state index contributed by atoms with van der Waals surface area (Å²) < 4.78 is 0. The van der Waals surface area contributed by atoms with Crippen LogP contribution in [0.2, 0.25) is 0 Å². The van der Waals surface area contributed by atoms with Crippen molar-refractivity contribution in [3.63, 3.8) is 0 Å². The third-order valence-corrected chi connectivity index (χ3v) is 4.16. The normalized spacial score (nSPS) is 9.26. The Balaban J connectivity index is 0. The number of carboxylic acid groups (broad SMARTS) is 8. The fourth-order valence-electron chi connectivity index (χ4n) is 2.61. The summed E-state index contributed by atoms with van der Waals surface area (Å²) in [6.45, 7) is 0. The lowest BCUT2D eigenvalue weighted by Crippen LogP contribution is -2.15. The molecule has 0 amide bonds. The first-order valence-corrected chi connectivity index (χ1v) is 8.73. The van der Waals surface area contributed by atoms with Crippen molar-refractivity contribution < 1.29 is 79.2 Å². The van der Waals surface area contributed by atoms with E-state index in [2.05, 4.69) is 0 Å². The highest BCUT2D eigenvalue weighted by molar-refractivity contribution is 6.10. The van der Waals surface area contributed by atoms with Crippen molar-refractivity contribution in [1.29, 1.82) is 0 Å². The molecule has 0 unspecified atom stereocenters. The van der Waals surface area contributed by atoms with Crippen LogP contribution in [0.25, 0.3) is 0 Å². The van der Waals surface area contributed by atoms with Gasteiger partial charge < -0.3 is 40.9 Å². The number of hydrogen-bond acceptors (Lipinski definition) is 8. The lowest BCUT2D eigenvalue weighted by molar-refractivity contribution is 0.0637. The van der Waals surface area contributed by atoms with E-state index < -0.39 is 92.3 Å². The van der Waals surface area contributed by atoms with Gasteiger partial charge in [-0.05, 0) is 24.3 Å². The molecule has 204 valence electrons. The van der Waals surface area contributed by atoms with E-state index in [4.69, 9.17) is 40.9 Å². The Morgan fingerprint density at radius 2 is 0.368 bits per heavy atom. The zero-order valence-corrected chi connectivity index (χ0v) is 19.6. The number of carboxylic acids is 8. The topological polar surface area (TPSA) is 298 Å². The summed E-state index contributed by atoms with van der Waals surface area (Å²) in [4.78, 5) is 86.2. The molecule has 2 rings (SSSR count). The quantitative estimate of drug-likeness (QED) is 0.220. The summed E-state index contributed by atoms with van der Waals surface area (Å²) in [5.41, 5.74) is -6.30. The molecule has 0 aliphatic heterocycles. The molecule has 0 atom stereocenters. The molecule has 0 aromatic heterocycles. The second kappa shape index (κ2) is 13.8. The Labute approximate surface area is 220 Å². The van der Waals surface area contributed by atoms with E-state index in [-0.39, 0.29) is 24.8 Å². The number of rotatable bonds is 8. The maximum atomic E-state index is 10.8. The largest absolute Gasteiger partial charge is 0.478 e. The van der Waals surface area contributed by atoms with Gasteiger partial charge in [-0.25, -0.2) is 38.4 Å². The van der Waals surface area contributed by atoms with Crippen molar-refractivity contribution in [3.8, 4) is 0 Å². The van der Waals surface area contributed by atoms with E-state index in [1.54, 1.807) is 0 Å². The average molecular weight is 581 g/mol. The van der Waals surface area contributed by atoms with Gasteiger partial charge in [-0.2, -0.15) is 0 Å². The fourth-order valence-corrected chi connectivity index (χ4v) is 2.61. The zero-order valence-electron chi connectivity index (χ0n) is 18.0. The first-order chi connectivity index (χ1) is 16.5. The maximum Gasteiger partial charge on any atom is 0.336 e. The summed E-state index contributed by atoms with van der Waals surface area (Å²) in [7, 11) is 0. The average Bonchev–Trinajstić information content (AvgIpc) is 2.76. The van der Waals surface area contributed by atoms with E-state index in [0.29, 0.717) is 24.3 Å². The third kappa shape index (κ3) is 7.90. The van der Waals surface area contributed by atoms with Gasteiger partial charge in [-0.1, -0.05) is 0 Å². The Morgan fingerprint density at radius 1 is 0.289 bits per heavy atom. The molecule has 2 aromatic rings. The minimum atomic E-state index is -1.66. The predicted octanol–water partition coefficient (Wildman–Crippen LogP) is 1.80. The molecule has 0 spiro atoms. The summed E-state index contributed by atoms with van der Waals surface area (Å²) >= 11 is 0. The SMILES string of the molecule is Cl.Cl.O=C(O)c1cc(C(=O)O)c(C(=O)O)cc1C(=O)O.O=C(O)c1cc(C(=O)O)c(C(=O)O)cc1C(=O)O. The second-order valence-electron chi connectivity index (χ2n) is 6.33. The van der Waals surface area contributed by atoms with Crippen LogP contribution in [-0.2, 0) is 0 Å². The molecule has 0 aliphatic carbocycles. The number of halogens is 2. The van der Waals surface area contributed by atoms with E-state index in [0.717, 1.165) is 0 Å². The Hall–Kier alpha value is -5.22. The van der Waals surface area contributed by atoms with Gasteiger partial charge in [0.2, 0.25) is 0 Å². The van der Waals surface area contributed by atoms with Crippen LogP contribution >= 0.6 is 24.8 Å². The molecule has 16 nitrogen and oxygen atoms in total. The second-order valence-corrected chi connectivity index (χ2v) is 6.33. The first-order valence-electron chi connectivity index (χ1n) is 8.73. The van der Waals surface area contributed by atoms with E-state index >= 15 is 0 Å². The van der Waals surface area contributed by atoms with Crippen LogP contribution in [0.5, 0.6) is 0 Å². The van der Waals surface area contributed by atoms with Gasteiger partial charge >= 0.3 is 47.8 Å². The zero-order chi connectivity index (χ0) is 28.1. The lowest BCUT2D eigenvalue weighted by Gasteiger charge is -2.06. The monoisotopic (exact) mass is 580 g/mol. The van der Waals surface area contributed by atoms with Crippen molar-refractivity contribution in [2.45, 2.75) is 0 Å². The van der Waals surface area contributed by atoms with E-state index in [1.807, 2.05) is 0 Å². The van der Waals surface area contributed by atoms with Crippen LogP contribution in [-0.4, -0.2) is 88.6 Å². The first kappa shape index (κ1) is 34.9. The molecule has 38 heavy (non-hydrogen) atoms. The Kier molecular flexibility index (Phi) is 12.7. The van der Waals surface area contributed by atoms with Gasteiger partial charge in [0, 0.05) is 0 Å². The molecule has 0 aliphatic rings. The maximum absolute atomic E-state index is 10.8. The molecular weight excluding hydrogens is 567 g/mol. The molecule has 2 aromatic carbocycles. The molecule has 0 radical (unpaired) electrons. The molecular formula is C20H14Cl2O16. The van der Waals surface area contributed by atoms with Gasteiger partial charge in [-0.15, -0.1) is 24.8 Å². The molecule has 0 saturated carbocycles. The smallest absolute Gasteiger partial charge is 0.336 e. The standard InChI is InChI=1S/2C10H6O8.2ClH/c2*11-7(12)3-1-4(8(13)14)6(10(17)18)2-5(3)9(15)16;;/h2*1-2H,(H,11,12)(H,13,14)(H,15,16)(H,17,18);2*1H. The molecule has 18 heteroatoms. The molecule has 0 heterocycles. The summed E-state index contributed by atoms with van der Waals surface area (Å²) in [6, 6.07) is 2.05. The van der Waals surface area contributed by atoms with Crippen LogP contribution in [0.1, 0.15) is 82.9 Å². The minimum Gasteiger partial charge on any atom is -0.478 e.